The number of hydrogen-bond donors (Lipinski definition) is 1. The zero-order valence-corrected chi connectivity index (χ0v) is 13.1. The molecule has 0 radical (unpaired) electrons. The van der Waals surface area contributed by atoms with Crippen molar-refractivity contribution in [1.82, 2.24) is 4.90 Å². The van der Waals surface area contributed by atoms with Crippen molar-refractivity contribution in [1.29, 1.82) is 0 Å². The van der Waals surface area contributed by atoms with Gasteiger partial charge < -0.3 is 10.0 Å². The molecule has 0 unspecified atom stereocenters. The van der Waals surface area contributed by atoms with Crippen molar-refractivity contribution in [3.63, 3.8) is 0 Å². The van der Waals surface area contributed by atoms with Gasteiger partial charge in [-0.25, -0.2) is 4.79 Å². The average molecular weight is 298 g/mol. The van der Waals surface area contributed by atoms with E-state index in [1.165, 1.54) is 0 Å². The van der Waals surface area contributed by atoms with Crippen molar-refractivity contribution in [2.75, 3.05) is 31.1 Å². The van der Waals surface area contributed by atoms with Gasteiger partial charge in [0.2, 0.25) is 0 Å². The number of aromatic carboxylic acids is 1. The van der Waals surface area contributed by atoms with E-state index in [4.69, 9.17) is 0 Å². The smallest absolute Gasteiger partial charge is 0.336 e. The van der Waals surface area contributed by atoms with Crippen LogP contribution in [0.15, 0.2) is 36.4 Å². The van der Waals surface area contributed by atoms with Gasteiger partial charge in [-0.15, -0.1) is 0 Å². The van der Waals surface area contributed by atoms with Crippen molar-refractivity contribution < 1.29 is 9.90 Å². The van der Waals surface area contributed by atoms with Gasteiger partial charge in [-0.1, -0.05) is 24.3 Å². The first kappa shape index (κ1) is 14.9. The minimum absolute atomic E-state index is 0.375. The zero-order chi connectivity index (χ0) is 15.7. The van der Waals surface area contributed by atoms with E-state index in [2.05, 4.69) is 23.6 Å². The number of piperazine rings is 1. The van der Waals surface area contributed by atoms with Gasteiger partial charge in [-0.05, 0) is 31.4 Å². The molecule has 3 rings (SSSR count). The van der Waals surface area contributed by atoms with Crippen molar-refractivity contribution in [2.45, 2.75) is 19.9 Å². The molecule has 1 N–H and O–H groups in total. The number of carboxylic acid groups (broad SMARTS) is 1. The summed E-state index contributed by atoms with van der Waals surface area (Å²) in [5.74, 6) is -0.868. The van der Waals surface area contributed by atoms with Gasteiger partial charge >= 0.3 is 5.97 Å². The molecule has 2 aromatic rings. The predicted molar refractivity (Wildman–Crippen MR) is 89.8 cm³/mol. The second-order valence-corrected chi connectivity index (χ2v) is 6.10. The third kappa shape index (κ3) is 2.66. The van der Waals surface area contributed by atoms with E-state index in [9.17, 15) is 9.90 Å². The van der Waals surface area contributed by atoms with Crippen LogP contribution >= 0.6 is 0 Å². The first-order valence-electron chi connectivity index (χ1n) is 7.82. The molecule has 0 aromatic heterocycles. The minimum atomic E-state index is -0.868. The Balaban J connectivity index is 1.96. The van der Waals surface area contributed by atoms with Crippen LogP contribution in [-0.2, 0) is 0 Å². The third-order valence-electron chi connectivity index (χ3n) is 4.52. The fourth-order valence-corrected chi connectivity index (χ4v) is 3.22. The van der Waals surface area contributed by atoms with E-state index in [0.717, 1.165) is 42.6 Å². The molecule has 1 aliphatic rings. The standard InChI is InChI=1S/C18H22N2O2/c1-13(2)19-9-11-20(12-10-19)17-8-7-16(18(21)22)14-5-3-4-6-15(14)17/h3-8,13H,9-12H2,1-2H3,(H,21,22). The number of hydrogen-bond acceptors (Lipinski definition) is 3. The molecule has 116 valence electrons. The Kier molecular flexibility index (Phi) is 4.03. The highest BCUT2D eigenvalue weighted by molar-refractivity contribution is 6.07. The van der Waals surface area contributed by atoms with Crippen molar-refractivity contribution in [3.8, 4) is 0 Å². The van der Waals surface area contributed by atoms with E-state index < -0.39 is 5.97 Å². The molecule has 22 heavy (non-hydrogen) atoms. The summed E-state index contributed by atoms with van der Waals surface area (Å²) in [7, 11) is 0. The number of carboxylic acids is 1. The van der Waals surface area contributed by atoms with E-state index in [-0.39, 0.29) is 0 Å². The van der Waals surface area contributed by atoms with Crippen LogP contribution in [0.1, 0.15) is 24.2 Å². The number of carbonyl (C=O) groups is 1. The number of benzene rings is 2. The molecule has 1 heterocycles. The molecule has 0 spiro atoms. The van der Waals surface area contributed by atoms with Gasteiger partial charge in [0.1, 0.15) is 0 Å². The Morgan fingerprint density at radius 2 is 1.64 bits per heavy atom. The van der Waals surface area contributed by atoms with Crippen molar-refractivity contribution in [3.05, 3.63) is 42.0 Å². The number of anilines is 1. The van der Waals surface area contributed by atoms with E-state index in [1.807, 2.05) is 30.3 Å². The minimum Gasteiger partial charge on any atom is -0.478 e. The monoisotopic (exact) mass is 298 g/mol. The summed E-state index contributed by atoms with van der Waals surface area (Å²) in [5.41, 5.74) is 1.52. The fraction of sp³-hybridized carbons (Fsp3) is 0.389. The molecule has 2 aromatic carbocycles. The lowest BCUT2D eigenvalue weighted by Gasteiger charge is -2.38. The van der Waals surface area contributed by atoms with Crippen LogP contribution in [0.2, 0.25) is 0 Å². The van der Waals surface area contributed by atoms with Crippen molar-refractivity contribution in [2.24, 2.45) is 0 Å². The number of nitrogens with zero attached hydrogens (tertiary/aromatic N) is 2. The quantitative estimate of drug-likeness (QED) is 0.946. The Hall–Kier alpha value is -2.07. The van der Waals surface area contributed by atoms with Crippen LogP contribution in [0.3, 0.4) is 0 Å². The van der Waals surface area contributed by atoms with E-state index >= 15 is 0 Å². The molecular formula is C18H22N2O2. The average Bonchev–Trinajstić information content (AvgIpc) is 2.53. The molecule has 4 heteroatoms. The van der Waals surface area contributed by atoms with Gasteiger partial charge in [-0.2, -0.15) is 0 Å². The van der Waals surface area contributed by atoms with Gasteiger partial charge in [0.15, 0.2) is 0 Å². The summed E-state index contributed by atoms with van der Waals surface area (Å²) < 4.78 is 0. The highest BCUT2D eigenvalue weighted by Crippen LogP contribution is 2.30. The van der Waals surface area contributed by atoms with Crippen molar-refractivity contribution >= 4 is 22.4 Å². The first-order valence-corrected chi connectivity index (χ1v) is 7.82. The van der Waals surface area contributed by atoms with Gasteiger partial charge in [0, 0.05) is 43.3 Å². The normalized spacial score (nSPS) is 16.4. The molecular weight excluding hydrogens is 276 g/mol. The fourth-order valence-electron chi connectivity index (χ4n) is 3.22. The summed E-state index contributed by atoms with van der Waals surface area (Å²) in [5, 5.41) is 11.2. The number of fused-ring (bicyclic) bond motifs is 1. The molecule has 1 saturated heterocycles. The number of rotatable bonds is 3. The van der Waals surface area contributed by atoms with Crippen LogP contribution < -0.4 is 4.90 Å². The van der Waals surface area contributed by atoms with E-state index in [0.29, 0.717) is 11.6 Å². The molecule has 0 atom stereocenters. The lowest BCUT2D eigenvalue weighted by atomic mass is 10.0. The maximum absolute atomic E-state index is 11.4. The summed E-state index contributed by atoms with van der Waals surface area (Å²) in [6, 6.07) is 12.1. The lowest BCUT2D eigenvalue weighted by molar-refractivity contribution is 0.0699. The summed E-state index contributed by atoms with van der Waals surface area (Å²) in [6.07, 6.45) is 0. The van der Waals surface area contributed by atoms with Crippen LogP contribution in [0, 0.1) is 0 Å². The van der Waals surface area contributed by atoms with Crippen LogP contribution in [-0.4, -0.2) is 48.2 Å². The van der Waals surface area contributed by atoms with Gasteiger partial charge in [0.05, 0.1) is 5.56 Å². The topological polar surface area (TPSA) is 43.8 Å². The molecule has 4 nitrogen and oxygen atoms in total. The molecule has 1 fully saturated rings. The SMILES string of the molecule is CC(C)N1CCN(c2ccc(C(=O)O)c3ccccc23)CC1. The second-order valence-electron chi connectivity index (χ2n) is 6.10. The van der Waals surface area contributed by atoms with Crippen LogP contribution in [0.25, 0.3) is 10.8 Å². The summed E-state index contributed by atoms with van der Waals surface area (Å²) in [4.78, 5) is 16.2. The summed E-state index contributed by atoms with van der Waals surface area (Å²) >= 11 is 0. The van der Waals surface area contributed by atoms with Gasteiger partial charge in [0.25, 0.3) is 0 Å². The largest absolute Gasteiger partial charge is 0.478 e. The van der Waals surface area contributed by atoms with Gasteiger partial charge in [-0.3, -0.25) is 4.90 Å². The maximum atomic E-state index is 11.4. The molecule has 0 aliphatic carbocycles. The molecule has 0 bridgehead atoms. The predicted octanol–water partition coefficient (Wildman–Crippen LogP) is 3.07. The lowest BCUT2D eigenvalue weighted by Crippen LogP contribution is -2.48. The molecule has 0 amide bonds. The van der Waals surface area contributed by atoms with Crippen LogP contribution in [0.5, 0.6) is 0 Å². The molecule has 1 aliphatic heterocycles. The Morgan fingerprint density at radius 1 is 1.00 bits per heavy atom. The highest BCUT2D eigenvalue weighted by atomic mass is 16.4. The maximum Gasteiger partial charge on any atom is 0.336 e. The Morgan fingerprint density at radius 3 is 2.23 bits per heavy atom. The second kappa shape index (κ2) is 5.97. The Labute approximate surface area is 131 Å². The summed E-state index contributed by atoms with van der Waals surface area (Å²) in [6.45, 7) is 8.52. The third-order valence-corrected chi connectivity index (χ3v) is 4.52. The van der Waals surface area contributed by atoms with E-state index in [1.54, 1.807) is 6.07 Å². The van der Waals surface area contributed by atoms with Crippen LogP contribution in [0.4, 0.5) is 5.69 Å². The Bertz CT molecular complexity index is 689. The highest BCUT2D eigenvalue weighted by Gasteiger charge is 2.21. The first-order chi connectivity index (χ1) is 10.6. The zero-order valence-electron chi connectivity index (χ0n) is 13.1. The molecule has 0 saturated carbocycles.